The van der Waals surface area contributed by atoms with E-state index in [0.717, 1.165) is 0 Å². The number of nitrogens with zero attached hydrogens (tertiary/aromatic N) is 1. The fourth-order valence-corrected chi connectivity index (χ4v) is 4.26. The highest BCUT2D eigenvalue weighted by Gasteiger charge is 2.39. The molecule has 6 N–H and O–H groups in total. The summed E-state index contributed by atoms with van der Waals surface area (Å²) in [5, 5.41) is 23.2. The molecule has 4 atom stereocenters. The van der Waals surface area contributed by atoms with Gasteiger partial charge in [0.1, 0.15) is 18.1 Å². The maximum Gasteiger partial charge on any atom is 0.326 e. The molecule has 182 valence electrons. The molecule has 3 amide bonds. The lowest BCUT2D eigenvalue weighted by Crippen LogP contribution is -2.57. The van der Waals surface area contributed by atoms with Crippen LogP contribution in [0.2, 0.25) is 0 Å². The lowest BCUT2D eigenvalue weighted by molar-refractivity contribution is -0.145. The van der Waals surface area contributed by atoms with Crippen LogP contribution < -0.4 is 16.4 Å². The van der Waals surface area contributed by atoms with E-state index >= 15 is 0 Å². The summed E-state index contributed by atoms with van der Waals surface area (Å²) in [6.07, 6.45) is 4.59. The monoisotopic (exact) mass is 492 g/mol. The molecule has 1 rings (SSSR count). The number of hydrogen-bond acceptors (Lipinski definition) is 8. The number of nitrogens with one attached hydrogen (secondary N) is 2. The number of amides is 3. The number of carboxylic acids is 2. The van der Waals surface area contributed by atoms with E-state index in [1.54, 1.807) is 0 Å². The van der Waals surface area contributed by atoms with E-state index in [1.807, 2.05) is 12.5 Å². The van der Waals surface area contributed by atoms with Crippen molar-refractivity contribution < 1.29 is 34.2 Å². The maximum absolute atomic E-state index is 13.2. The van der Waals surface area contributed by atoms with Crippen LogP contribution in [0.5, 0.6) is 0 Å². The molecule has 0 aromatic heterocycles. The average molecular weight is 493 g/mol. The van der Waals surface area contributed by atoms with Crippen molar-refractivity contribution in [1.29, 1.82) is 0 Å². The van der Waals surface area contributed by atoms with Crippen LogP contribution in [0.4, 0.5) is 0 Å². The first-order valence-electron chi connectivity index (χ1n) is 10.2. The molecule has 0 radical (unpaired) electrons. The van der Waals surface area contributed by atoms with E-state index in [2.05, 4.69) is 10.6 Å². The van der Waals surface area contributed by atoms with E-state index in [0.29, 0.717) is 30.9 Å². The summed E-state index contributed by atoms with van der Waals surface area (Å²) in [6, 6.07) is -4.15. The SMILES string of the molecule is CSCCC(NC(=O)C1CCCN1C(=O)C(CCSC)NC(=O)C(N)CC(=O)O)C(=O)O. The van der Waals surface area contributed by atoms with Crippen molar-refractivity contribution >= 4 is 53.2 Å². The van der Waals surface area contributed by atoms with Gasteiger partial charge >= 0.3 is 11.9 Å². The molecule has 0 aromatic rings. The second-order valence-corrected chi connectivity index (χ2v) is 9.39. The predicted octanol–water partition coefficient (Wildman–Crippen LogP) is -0.660. The van der Waals surface area contributed by atoms with Crippen molar-refractivity contribution in [1.82, 2.24) is 15.5 Å². The molecule has 0 spiro atoms. The van der Waals surface area contributed by atoms with Gasteiger partial charge in [-0.05, 0) is 49.7 Å². The Balaban J connectivity index is 2.90. The van der Waals surface area contributed by atoms with Crippen molar-refractivity contribution in [2.24, 2.45) is 5.73 Å². The number of thioether (sulfide) groups is 2. The number of carbonyl (C=O) groups excluding carboxylic acids is 3. The van der Waals surface area contributed by atoms with Gasteiger partial charge in [0.05, 0.1) is 12.5 Å². The minimum Gasteiger partial charge on any atom is -0.481 e. The van der Waals surface area contributed by atoms with Crippen LogP contribution in [0.25, 0.3) is 0 Å². The topological polar surface area (TPSA) is 179 Å². The summed E-state index contributed by atoms with van der Waals surface area (Å²) in [4.78, 5) is 61.9. The van der Waals surface area contributed by atoms with Crippen molar-refractivity contribution in [3.63, 3.8) is 0 Å². The summed E-state index contributed by atoms with van der Waals surface area (Å²) in [7, 11) is 0. The standard InChI is InChI=1S/C19H32N4O7S2/c1-31-8-5-12(21-16(26)11(20)10-15(24)25)18(28)23-7-3-4-14(23)17(27)22-13(19(29)30)6-9-32-2/h11-14H,3-10,20H2,1-2H3,(H,21,26)(H,22,27)(H,24,25)(H,29,30). The summed E-state index contributed by atoms with van der Waals surface area (Å²) in [5.74, 6) is -3.03. The Bertz CT molecular complexity index is 695. The molecule has 0 saturated carbocycles. The first kappa shape index (κ1) is 28.0. The summed E-state index contributed by atoms with van der Waals surface area (Å²) in [6.45, 7) is 0.298. The third-order valence-electron chi connectivity index (χ3n) is 5.02. The summed E-state index contributed by atoms with van der Waals surface area (Å²) in [5.41, 5.74) is 5.60. The minimum absolute atomic E-state index is 0.261. The van der Waals surface area contributed by atoms with Gasteiger partial charge < -0.3 is 31.5 Å². The van der Waals surface area contributed by atoms with Crippen molar-refractivity contribution in [3.05, 3.63) is 0 Å². The second-order valence-electron chi connectivity index (χ2n) is 7.42. The fraction of sp³-hybridized carbons (Fsp3) is 0.737. The highest BCUT2D eigenvalue weighted by molar-refractivity contribution is 7.98. The van der Waals surface area contributed by atoms with Gasteiger partial charge in [-0.2, -0.15) is 23.5 Å². The quantitative estimate of drug-likeness (QED) is 0.209. The van der Waals surface area contributed by atoms with Crippen LogP contribution in [-0.4, -0.2) is 99.5 Å². The third kappa shape index (κ3) is 8.87. The third-order valence-corrected chi connectivity index (χ3v) is 6.31. The van der Waals surface area contributed by atoms with Gasteiger partial charge in [0, 0.05) is 6.54 Å². The molecular weight excluding hydrogens is 460 g/mol. The van der Waals surface area contributed by atoms with Gasteiger partial charge in [-0.3, -0.25) is 19.2 Å². The normalized spacial score (nSPS) is 18.5. The number of carbonyl (C=O) groups is 5. The number of aliphatic carboxylic acids is 2. The molecule has 0 bridgehead atoms. The number of nitrogens with two attached hydrogens (primary N) is 1. The number of rotatable bonds is 14. The molecule has 1 saturated heterocycles. The molecule has 1 heterocycles. The van der Waals surface area contributed by atoms with Gasteiger partial charge in [-0.1, -0.05) is 0 Å². The van der Waals surface area contributed by atoms with Crippen molar-refractivity contribution in [2.75, 3.05) is 30.6 Å². The van der Waals surface area contributed by atoms with Gasteiger partial charge in [-0.15, -0.1) is 0 Å². The van der Waals surface area contributed by atoms with E-state index < -0.39 is 60.2 Å². The molecule has 4 unspecified atom stereocenters. The van der Waals surface area contributed by atoms with Crippen LogP contribution in [0, 0.1) is 0 Å². The number of hydrogen-bond donors (Lipinski definition) is 5. The van der Waals surface area contributed by atoms with Crippen molar-refractivity contribution in [2.45, 2.75) is 56.3 Å². The summed E-state index contributed by atoms with van der Waals surface area (Å²) >= 11 is 2.94. The van der Waals surface area contributed by atoms with E-state index in [4.69, 9.17) is 10.8 Å². The Morgan fingerprint density at radius 1 is 1.03 bits per heavy atom. The largest absolute Gasteiger partial charge is 0.481 e. The first-order valence-corrected chi connectivity index (χ1v) is 13.0. The van der Waals surface area contributed by atoms with E-state index in [-0.39, 0.29) is 12.8 Å². The Labute approximate surface area is 195 Å². The van der Waals surface area contributed by atoms with Crippen LogP contribution in [-0.2, 0) is 24.0 Å². The highest BCUT2D eigenvalue weighted by atomic mass is 32.2. The van der Waals surface area contributed by atoms with Crippen LogP contribution in [0.3, 0.4) is 0 Å². The zero-order valence-corrected chi connectivity index (χ0v) is 19.9. The van der Waals surface area contributed by atoms with Gasteiger partial charge in [0.25, 0.3) is 0 Å². The summed E-state index contributed by atoms with van der Waals surface area (Å²) < 4.78 is 0. The zero-order valence-electron chi connectivity index (χ0n) is 18.2. The first-order chi connectivity index (χ1) is 15.1. The Morgan fingerprint density at radius 2 is 1.62 bits per heavy atom. The van der Waals surface area contributed by atoms with Crippen LogP contribution in [0.1, 0.15) is 32.1 Å². The van der Waals surface area contributed by atoms with Gasteiger partial charge in [0.2, 0.25) is 17.7 Å². The predicted molar refractivity (Wildman–Crippen MR) is 122 cm³/mol. The molecule has 1 aliphatic rings. The zero-order chi connectivity index (χ0) is 24.3. The molecule has 1 aliphatic heterocycles. The van der Waals surface area contributed by atoms with Crippen LogP contribution >= 0.6 is 23.5 Å². The van der Waals surface area contributed by atoms with Crippen molar-refractivity contribution in [3.8, 4) is 0 Å². The molecule has 11 nitrogen and oxygen atoms in total. The minimum atomic E-state index is -1.30. The molecular formula is C19H32N4O7S2. The molecule has 0 aliphatic carbocycles. The Kier molecular flexibility index (Phi) is 12.5. The lowest BCUT2D eigenvalue weighted by atomic mass is 10.1. The highest BCUT2D eigenvalue weighted by Crippen LogP contribution is 2.20. The van der Waals surface area contributed by atoms with Gasteiger partial charge in [-0.25, -0.2) is 4.79 Å². The lowest BCUT2D eigenvalue weighted by Gasteiger charge is -2.30. The van der Waals surface area contributed by atoms with Crippen LogP contribution in [0.15, 0.2) is 0 Å². The number of carboxylic acid groups (broad SMARTS) is 2. The molecule has 32 heavy (non-hydrogen) atoms. The second kappa shape index (κ2) is 14.2. The van der Waals surface area contributed by atoms with E-state index in [1.165, 1.54) is 28.4 Å². The molecule has 13 heteroatoms. The number of likely N-dealkylation sites (tertiary alicyclic amines) is 1. The average Bonchev–Trinajstić information content (AvgIpc) is 3.22. The Morgan fingerprint density at radius 3 is 2.16 bits per heavy atom. The smallest absolute Gasteiger partial charge is 0.326 e. The molecule has 1 fully saturated rings. The molecule has 0 aromatic carbocycles. The Hall–Kier alpha value is -1.99. The van der Waals surface area contributed by atoms with Gasteiger partial charge in [0.15, 0.2) is 0 Å². The van der Waals surface area contributed by atoms with E-state index in [9.17, 15) is 29.1 Å². The fourth-order valence-electron chi connectivity index (χ4n) is 3.32. The maximum atomic E-state index is 13.2.